The molecule has 0 saturated heterocycles. The molecule has 1 aromatic heterocycles. The van der Waals surface area contributed by atoms with Gasteiger partial charge in [-0.25, -0.2) is 0 Å². The number of pyridine rings is 1. The largest absolute Gasteiger partial charge is 0.492 e. The first-order valence-electron chi connectivity index (χ1n) is 5.47. The van der Waals surface area contributed by atoms with Crippen molar-refractivity contribution in [2.75, 3.05) is 18.5 Å². The Balaban J connectivity index is 1.76. The third-order valence-electron chi connectivity index (χ3n) is 2.20. The third-order valence-corrected chi connectivity index (χ3v) is 3.13. The van der Waals surface area contributed by atoms with Gasteiger partial charge in [-0.05, 0) is 40.2 Å². The van der Waals surface area contributed by atoms with Crippen LogP contribution >= 0.6 is 31.9 Å². The van der Waals surface area contributed by atoms with Crippen LogP contribution in [0.5, 0.6) is 5.75 Å². The number of nitrogens with zero attached hydrogens (tertiary/aromatic N) is 1. The maximum atomic E-state index is 5.61. The van der Waals surface area contributed by atoms with Crippen molar-refractivity contribution in [2.45, 2.75) is 0 Å². The summed E-state index contributed by atoms with van der Waals surface area (Å²) >= 11 is 6.78. The summed E-state index contributed by atoms with van der Waals surface area (Å²) in [7, 11) is 0. The Morgan fingerprint density at radius 2 is 2.00 bits per heavy atom. The van der Waals surface area contributed by atoms with Gasteiger partial charge in [-0.1, -0.05) is 22.0 Å². The Labute approximate surface area is 123 Å². The molecule has 2 aromatic rings. The summed E-state index contributed by atoms with van der Waals surface area (Å²) in [6, 6.07) is 9.78. The average molecular weight is 372 g/mol. The van der Waals surface area contributed by atoms with Gasteiger partial charge in [0.05, 0.1) is 11.9 Å². The maximum absolute atomic E-state index is 5.61. The van der Waals surface area contributed by atoms with Crippen LogP contribution in [0.1, 0.15) is 0 Å². The second-order valence-corrected chi connectivity index (χ2v) is 5.46. The molecule has 0 spiro atoms. The summed E-state index contributed by atoms with van der Waals surface area (Å²) in [6.45, 7) is 1.33. The van der Waals surface area contributed by atoms with Crippen LogP contribution in [0.4, 0.5) is 5.69 Å². The zero-order valence-electron chi connectivity index (χ0n) is 9.57. The molecule has 94 valence electrons. The topological polar surface area (TPSA) is 34.2 Å². The fraction of sp³-hybridized carbons (Fsp3) is 0.154. The molecule has 1 aromatic carbocycles. The molecule has 0 unspecified atom stereocenters. The lowest BCUT2D eigenvalue weighted by Gasteiger charge is -2.08. The average Bonchev–Trinajstić information content (AvgIpc) is 2.35. The van der Waals surface area contributed by atoms with Gasteiger partial charge in [0, 0.05) is 21.7 Å². The standard InChI is InChI=1S/C13H12Br2N2O/c14-10-2-1-3-13(7-10)18-5-4-17-12-6-11(15)8-16-9-12/h1-3,6-9,17H,4-5H2. The van der Waals surface area contributed by atoms with Gasteiger partial charge in [-0.3, -0.25) is 4.98 Å². The van der Waals surface area contributed by atoms with Gasteiger partial charge in [-0.15, -0.1) is 0 Å². The molecular weight excluding hydrogens is 360 g/mol. The smallest absolute Gasteiger partial charge is 0.120 e. The predicted molar refractivity (Wildman–Crippen MR) is 80.1 cm³/mol. The minimum atomic E-state index is 0.600. The van der Waals surface area contributed by atoms with E-state index in [4.69, 9.17) is 4.74 Å². The minimum Gasteiger partial charge on any atom is -0.492 e. The molecule has 0 aliphatic heterocycles. The molecule has 18 heavy (non-hydrogen) atoms. The highest BCUT2D eigenvalue weighted by atomic mass is 79.9. The fourth-order valence-electron chi connectivity index (χ4n) is 1.43. The molecule has 2 rings (SSSR count). The van der Waals surface area contributed by atoms with Crippen molar-refractivity contribution in [1.29, 1.82) is 0 Å². The first-order valence-corrected chi connectivity index (χ1v) is 7.05. The van der Waals surface area contributed by atoms with Crippen LogP contribution in [-0.2, 0) is 0 Å². The van der Waals surface area contributed by atoms with Crippen molar-refractivity contribution in [3.8, 4) is 5.75 Å². The number of aromatic nitrogens is 1. The van der Waals surface area contributed by atoms with E-state index < -0.39 is 0 Å². The lowest BCUT2D eigenvalue weighted by molar-refractivity contribution is 0.332. The molecule has 0 amide bonds. The Morgan fingerprint density at radius 1 is 1.11 bits per heavy atom. The van der Waals surface area contributed by atoms with Crippen LogP contribution in [0, 0.1) is 0 Å². The molecule has 0 saturated carbocycles. The van der Waals surface area contributed by atoms with Crippen LogP contribution in [0.2, 0.25) is 0 Å². The highest BCUT2D eigenvalue weighted by molar-refractivity contribution is 9.10. The van der Waals surface area contributed by atoms with Crippen LogP contribution < -0.4 is 10.1 Å². The second kappa shape index (κ2) is 6.75. The summed E-state index contributed by atoms with van der Waals surface area (Å²) in [5.41, 5.74) is 0.974. The first kappa shape index (κ1) is 13.4. The van der Waals surface area contributed by atoms with Crippen LogP contribution in [-0.4, -0.2) is 18.1 Å². The molecular formula is C13H12Br2N2O. The second-order valence-electron chi connectivity index (χ2n) is 3.62. The van der Waals surface area contributed by atoms with Gasteiger partial charge < -0.3 is 10.1 Å². The summed E-state index contributed by atoms with van der Waals surface area (Å²) in [5, 5.41) is 3.24. The van der Waals surface area contributed by atoms with E-state index >= 15 is 0 Å². The molecule has 3 nitrogen and oxygen atoms in total. The van der Waals surface area contributed by atoms with Crippen molar-refractivity contribution >= 4 is 37.5 Å². The summed E-state index contributed by atoms with van der Waals surface area (Å²) in [6.07, 6.45) is 3.53. The summed E-state index contributed by atoms with van der Waals surface area (Å²) in [5.74, 6) is 0.860. The van der Waals surface area contributed by atoms with E-state index in [0.717, 1.165) is 26.9 Å². The van der Waals surface area contributed by atoms with Crippen molar-refractivity contribution in [3.63, 3.8) is 0 Å². The summed E-state index contributed by atoms with van der Waals surface area (Å²) < 4.78 is 7.59. The van der Waals surface area contributed by atoms with E-state index in [1.165, 1.54) is 0 Å². The van der Waals surface area contributed by atoms with Crippen molar-refractivity contribution < 1.29 is 4.74 Å². The SMILES string of the molecule is Brc1cncc(NCCOc2cccc(Br)c2)c1. The van der Waals surface area contributed by atoms with Crippen LogP contribution in [0.3, 0.4) is 0 Å². The lowest BCUT2D eigenvalue weighted by Crippen LogP contribution is -2.11. The van der Waals surface area contributed by atoms with Gasteiger partial charge in [0.25, 0.3) is 0 Å². The summed E-state index contributed by atoms with van der Waals surface area (Å²) in [4.78, 5) is 4.08. The predicted octanol–water partition coefficient (Wildman–Crippen LogP) is 4.10. The monoisotopic (exact) mass is 370 g/mol. The van der Waals surface area contributed by atoms with E-state index in [2.05, 4.69) is 42.2 Å². The number of rotatable bonds is 5. The van der Waals surface area contributed by atoms with Gasteiger partial charge in [0.1, 0.15) is 12.4 Å². The fourth-order valence-corrected chi connectivity index (χ4v) is 2.17. The van der Waals surface area contributed by atoms with Gasteiger partial charge >= 0.3 is 0 Å². The normalized spacial score (nSPS) is 10.1. The van der Waals surface area contributed by atoms with Crippen LogP contribution in [0.25, 0.3) is 0 Å². The Hall–Kier alpha value is -1.07. The van der Waals surface area contributed by atoms with Gasteiger partial charge in [0.15, 0.2) is 0 Å². The Morgan fingerprint density at radius 3 is 2.78 bits per heavy atom. The van der Waals surface area contributed by atoms with Crippen molar-refractivity contribution in [2.24, 2.45) is 0 Å². The highest BCUT2D eigenvalue weighted by Crippen LogP contribution is 2.17. The number of nitrogens with one attached hydrogen (secondary N) is 1. The van der Waals surface area contributed by atoms with E-state index in [0.29, 0.717) is 6.61 Å². The maximum Gasteiger partial charge on any atom is 0.120 e. The van der Waals surface area contributed by atoms with Gasteiger partial charge in [0.2, 0.25) is 0 Å². The Bertz CT molecular complexity index is 472. The van der Waals surface area contributed by atoms with E-state index in [1.807, 2.05) is 30.3 Å². The van der Waals surface area contributed by atoms with E-state index in [-0.39, 0.29) is 0 Å². The minimum absolute atomic E-state index is 0.600. The molecule has 0 aliphatic carbocycles. The van der Waals surface area contributed by atoms with Crippen LogP contribution in [0.15, 0.2) is 51.7 Å². The van der Waals surface area contributed by atoms with E-state index in [1.54, 1.807) is 12.4 Å². The van der Waals surface area contributed by atoms with Gasteiger partial charge in [-0.2, -0.15) is 0 Å². The molecule has 5 heteroatoms. The molecule has 0 atom stereocenters. The van der Waals surface area contributed by atoms with Crippen molar-refractivity contribution in [3.05, 3.63) is 51.7 Å². The first-order chi connectivity index (χ1) is 8.74. The number of hydrogen-bond acceptors (Lipinski definition) is 3. The highest BCUT2D eigenvalue weighted by Gasteiger charge is 1.96. The number of halogens is 2. The number of hydrogen-bond donors (Lipinski definition) is 1. The molecule has 0 fully saturated rings. The molecule has 1 N–H and O–H groups in total. The zero-order valence-corrected chi connectivity index (χ0v) is 12.7. The van der Waals surface area contributed by atoms with E-state index in [9.17, 15) is 0 Å². The lowest BCUT2D eigenvalue weighted by atomic mass is 10.3. The third kappa shape index (κ3) is 4.31. The quantitative estimate of drug-likeness (QED) is 0.803. The Kier molecular flexibility index (Phi) is 5.01. The number of ether oxygens (including phenoxy) is 1. The molecule has 0 radical (unpaired) electrons. The zero-order chi connectivity index (χ0) is 12.8. The van der Waals surface area contributed by atoms with Crippen molar-refractivity contribution in [1.82, 2.24) is 4.98 Å². The molecule has 0 aliphatic rings. The number of benzene rings is 1. The molecule has 1 heterocycles. The number of anilines is 1. The molecule has 0 bridgehead atoms.